The normalized spacial score (nSPS) is 23.3. The molecule has 10 nitrogen and oxygen atoms in total. The van der Waals surface area contributed by atoms with Crippen LogP contribution in [0.4, 0.5) is 0 Å². The third-order valence-electron chi connectivity index (χ3n) is 8.05. The van der Waals surface area contributed by atoms with E-state index in [0.717, 1.165) is 30.2 Å². The Morgan fingerprint density at radius 1 is 1.25 bits per heavy atom. The lowest BCUT2D eigenvalue weighted by atomic mass is 9.67. The lowest BCUT2D eigenvalue weighted by Crippen LogP contribution is -2.51. The fourth-order valence-electron chi connectivity index (χ4n) is 5.90. The number of carbonyl (C=O) groups is 4. The summed E-state index contributed by atoms with van der Waals surface area (Å²) in [7, 11) is 2.84. The topological polar surface area (TPSA) is 130 Å². The Balaban J connectivity index is 1.38. The summed E-state index contributed by atoms with van der Waals surface area (Å²) in [6, 6.07) is 5.64. The maximum atomic E-state index is 13.7. The van der Waals surface area contributed by atoms with Crippen LogP contribution in [0.25, 0.3) is 10.9 Å². The highest BCUT2D eigenvalue weighted by Gasteiger charge is 2.52. The van der Waals surface area contributed by atoms with Crippen molar-refractivity contribution in [3.05, 3.63) is 30.0 Å². The molecule has 3 heterocycles. The quantitative estimate of drug-likeness (QED) is 0.501. The number of benzene rings is 1. The number of esters is 1. The van der Waals surface area contributed by atoms with Crippen LogP contribution in [-0.4, -0.2) is 73.0 Å². The lowest BCUT2D eigenvalue weighted by Gasteiger charge is -2.37. The van der Waals surface area contributed by atoms with Crippen molar-refractivity contribution in [3.8, 4) is 5.75 Å². The van der Waals surface area contributed by atoms with Crippen LogP contribution in [0.1, 0.15) is 49.0 Å². The van der Waals surface area contributed by atoms with E-state index in [1.165, 1.54) is 7.11 Å². The number of H-pyrrole nitrogens is 1. The zero-order valence-corrected chi connectivity index (χ0v) is 20.6. The molecule has 1 saturated carbocycles. The van der Waals surface area contributed by atoms with Gasteiger partial charge in [-0.25, -0.2) is 4.79 Å². The molecule has 0 radical (unpaired) electrons. The van der Waals surface area contributed by atoms with Crippen LogP contribution in [0, 0.1) is 11.3 Å². The number of methoxy groups -OCH3 is 2. The molecule has 0 bridgehead atoms. The first-order chi connectivity index (χ1) is 17.3. The Morgan fingerprint density at radius 3 is 2.69 bits per heavy atom. The SMILES string of the molecule is COC(=O)C(C[C@@H]1CCNC1=O)NC(=O)[C@@H]1CC2(CCC2)CN1C(=O)c1cc2c(OC)cccc2[nH]1. The van der Waals surface area contributed by atoms with E-state index in [9.17, 15) is 19.2 Å². The van der Waals surface area contributed by atoms with Gasteiger partial charge in [0.15, 0.2) is 0 Å². The van der Waals surface area contributed by atoms with Gasteiger partial charge < -0.3 is 30.0 Å². The van der Waals surface area contributed by atoms with Gasteiger partial charge in [-0.2, -0.15) is 0 Å². The van der Waals surface area contributed by atoms with Crippen molar-refractivity contribution in [2.45, 2.75) is 50.6 Å². The van der Waals surface area contributed by atoms with E-state index >= 15 is 0 Å². The number of rotatable bonds is 7. The van der Waals surface area contributed by atoms with Crippen LogP contribution in [0.5, 0.6) is 5.75 Å². The number of ether oxygens (including phenoxy) is 2. The number of amides is 3. The van der Waals surface area contributed by atoms with Crippen molar-refractivity contribution in [1.82, 2.24) is 20.5 Å². The maximum Gasteiger partial charge on any atom is 0.328 e. The Bertz CT molecular complexity index is 1200. The standard InChI is InChI=1S/C26H32N4O6/c1-35-21-6-3-5-17-16(21)12-18(28-17)24(33)30-14-26(8-4-9-26)13-20(30)23(32)29-19(25(34)36-2)11-15-7-10-27-22(15)31/h3,5-6,12,15,19-20,28H,4,7-11,13-14H2,1-2H3,(H,27,31)(H,29,32)/t15-,19?,20-/m0/s1. The molecule has 1 aromatic heterocycles. The van der Waals surface area contributed by atoms with Crippen molar-refractivity contribution in [2.24, 2.45) is 11.3 Å². The zero-order valence-electron chi connectivity index (χ0n) is 20.6. The summed E-state index contributed by atoms with van der Waals surface area (Å²) in [4.78, 5) is 56.6. The minimum absolute atomic E-state index is 0.0759. The largest absolute Gasteiger partial charge is 0.496 e. The van der Waals surface area contributed by atoms with Crippen LogP contribution >= 0.6 is 0 Å². The van der Waals surface area contributed by atoms with Gasteiger partial charge in [-0.15, -0.1) is 0 Å². The molecule has 1 unspecified atom stereocenters. The smallest absolute Gasteiger partial charge is 0.328 e. The zero-order chi connectivity index (χ0) is 25.4. The average Bonchev–Trinajstić information content (AvgIpc) is 3.59. The molecule has 3 amide bonds. The maximum absolute atomic E-state index is 13.7. The molecule has 3 N–H and O–H groups in total. The van der Waals surface area contributed by atoms with Crippen molar-refractivity contribution < 1.29 is 28.7 Å². The number of nitrogens with zero attached hydrogens (tertiary/aromatic N) is 1. The Hall–Kier alpha value is -3.56. The molecule has 3 fully saturated rings. The number of fused-ring (bicyclic) bond motifs is 1. The molecule has 10 heteroatoms. The molecule has 5 rings (SSSR count). The molecule has 36 heavy (non-hydrogen) atoms. The molecule has 1 spiro atoms. The highest BCUT2D eigenvalue weighted by atomic mass is 16.5. The number of carbonyl (C=O) groups excluding carboxylic acids is 4. The predicted octanol–water partition coefficient (Wildman–Crippen LogP) is 1.75. The molecular formula is C26H32N4O6. The van der Waals surface area contributed by atoms with Gasteiger partial charge in [0.1, 0.15) is 23.5 Å². The van der Waals surface area contributed by atoms with Crippen molar-refractivity contribution in [1.29, 1.82) is 0 Å². The van der Waals surface area contributed by atoms with Gasteiger partial charge in [-0.3, -0.25) is 14.4 Å². The van der Waals surface area contributed by atoms with Crippen LogP contribution in [0.2, 0.25) is 0 Å². The third-order valence-corrected chi connectivity index (χ3v) is 8.05. The first-order valence-corrected chi connectivity index (χ1v) is 12.5. The fourth-order valence-corrected chi connectivity index (χ4v) is 5.90. The summed E-state index contributed by atoms with van der Waals surface area (Å²) in [5.41, 5.74) is 1.08. The lowest BCUT2D eigenvalue weighted by molar-refractivity contribution is -0.146. The van der Waals surface area contributed by atoms with Gasteiger partial charge in [0.05, 0.1) is 14.2 Å². The van der Waals surface area contributed by atoms with Crippen LogP contribution in [0.15, 0.2) is 24.3 Å². The summed E-state index contributed by atoms with van der Waals surface area (Å²) in [5, 5.41) is 6.36. The molecule has 2 saturated heterocycles. The number of hydrogen-bond acceptors (Lipinski definition) is 6. The van der Waals surface area contributed by atoms with E-state index in [2.05, 4.69) is 15.6 Å². The van der Waals surface area contributed by atoms with E-state index < -0.39 is 24.0 Å². The molecule has 2 aromatic rings. The first kappa shape index (κ1) is 24.1. The number of nitrogens with one attached hydrogen (secondary N) is 3. The van der Waals surface area contributed by atoms with Crippen molar-refractivity contribution in [3.63, 3.8) is 0 Å². The Morgan fingerprint density at radius 2 is 2.06 bits per heavy atom. The Labute approximate surface area is 209 Å². The van der Waals surface area contributed by atoms with Gasteiger partial charge >= 0.3 is 5.97 Å². The van der Waals surface area contributed by atoms with Crippen LogP contribution < -0.4 is 15.4 Å². The van der Waals surface area contributed by atoms with Gasteiger partial charge in [-0.05, 0) is 55.7 Å². The second-order valence-electron chi connectivity index (χ2n) is 10.2. The minimum atomic E-state index is -0.955. The van der Waals surface area contributed by atoms with E-state index in [1.54, 1.807) is 18.1 Å². The van der Waals surface area contributed by atoms with E-state index in [-0.39, 0.29) is 29.6 Å². The number of aromatic nitrogens is 1. The second-order valence-corrected chi connectivity index (χ2v) is 10.2. The summed E-state index contributed by atoms with van der Waals surface area (Å²) in [6.45, 7) is 1.04. The minimum Gasteiger partial charge on any atom is -0.496 e. The van der Waals surface area contributed by atoms with Gasteiger partial charge in [0.25, 0.3) is 5.91 Å². The summed E-state index contributed by atoms with van der Waals surface area (Å²) >= 11 is 0. The molecule has 1 aromatic carbocycles. The molecule has 3 atom stereocenters. The fraction of sp³-hybridized carbons (Fsp3) is 0.538. The molecular weight excluding hydrogens is 464 g/mol. The van der Waals surface area contributed by atoms with Gasteiger partial charge in [0.2, 0.25) is 11.8 Å². The van der Waals surface area contributed by atoms with Gasteiger partial charge in [-0.1, -0.05) is 12.5 Å². The monoisotopic (exact) mass is 496 g/mol. The molecule has 2 aliphatic heterocycles. The van der Waals surface area contributed by atoms with Crippen LogP contribution in [-0.2, 0) is 19.1 Å². The summed E-state index contributed by atoms with van der Waals surface area (Å²) in [6.07, 6.45) is 4.31. The van der Waals surface area contributed by atoms with E-state index in [1.807, 2.05) is 18.2 Å². The predicted molar refractivity (Wildman–Crippen MR) is 130 cm³/mol. The summed E-state index contributed by atoms with van der Waals surface area (Å²) in [5.74, 6) is -1.09. The first-order valence-electron chi connectivity index (χ1n) is 12.5. The van der Waals surface area contributed by atoms with Gasteiger partial charge in [0, 0.05) is 29.9 Å². The number of aromatic amines is 1. The average molecular weight is 497 g/mol. The summed E-state index contributed by atoms with van der Waals surface area (Å²) < 4.78 is 10.3. The Kier molecular flexibility index (Phi) is 6.36. The van der Waals surface area contributed by atoms with Crippen molar-refractivity contribution in [2.75, 3.05) is 27.3 Å². The highest BCUT2D eigenvalue weighted by Crippen LogP contribution is 2.50. The number of likely N-dealkylation sites (tertiary alicyclic amines) is 1. The number of hydrogen-bond donors (Lipinski definition) is 3. The van der Waals surface area contributed by atoms with E-state index in [4.69, 9.17) is 9.47 Å². The molecule has 3 aliphatic rings. The molecule has 192 valence electrons. The highest BCUT2D eigenvalue weighted by molar-refractivity contribution is 6.02. The third kappa shape index (κ3) is 4.29. The van der Waals surface area contributed by atoms with Crippen LogP contribution in [0.3, 0.4) is 0 Å². The second kappa shape index (κ2) is 9.48. The van der Waals surface area contributed by atoms with Crippen molar-refractivity contribution >= 4 is 34.6 Å². The molecule has 1 aliphatic carbocycles. The van der Waals surface area contributed by atoms with E-state index in [0.29, 0.717) is 37.4 Å².